The second kappa shape index (κ2) is 12.2. The van der Waals surface area contributed by atoms with Gasteiger partial charge in [-0.05, 0) is 82.4 Å². The van der Waals surface area contributed by atoms with Crippen LogP contribution in [-0.2, 0) is 27.2 Å². The van der Waals surface area contributed by atoms with E-state index in [1.54, 1.807) is 39.0 Å². The second-order valence-electron chi connectivity index (χ2n) is 15.5. The largest absolute Gasteiger partial charge is 0.507 e. The van der Waals surface area contributed by atoms with E-state index in [-0.39, 0.29) is 40.9 Å². The van der Waals surface area contributed by atoms with Crippen LogP contribution in [0.5, 0.6) is 11.5 Å². The molecule has 0 bridgehead atoms. The number of pyridine rings is 2. The van der Waals surface area contributed by atoms with Gasteiger partial charge in [0, 0.05) is 29.5 Å². The number of rotatable bonds is 6. The van der Waals surface area contributed by atoms with Crippen molar-refractivity contribution in [2.75, 3.05) is 18.0 Å². The number of benzene rings is 1. The number of aliphatic hydroxyl groups excluding tert-OH is 1. The van der Waals surface area contributed by atoms with Gasteiger partial charge in [0.2, 0.25) is 0 Å². The Kier molecular flexibility index (Phi) is 7.75. The lowest BCUT2D eigenvalue weighted by Crippen LogP contribution is -3.05. The summed E-state index contributed by atoms with van der Waals surface area (Å²) in [6, 6.07) is 10.4. The van der Waals surface area contributed by atoms with Gasteiger partial charge in [0.25, 0.3) is 0 Å². The zero-order valence-electron chi connectivity index (χ0n) is 30.1. The molecule has 0 saturated carbocycles. The summed E-state index contributed by atoms with van der Waals surface area (Å²) < 4.78 is 24.3. The summed E-state index contributed by atoms with van der Waals surface area (Å²) in [6.07, 6.45) is 4.88. The van der Waals surface area contributed by atoms with Gasteiger partial charge in [-0.25, -0.2) is 14.8 Å². The molecule has 14 heteroatoms. The Morgan fingerprint density at radius 2 is 1.87 bits per heavy atom. The molecule has 1 unspecified atom stereocenters. The first-order valence-corrected chi connectivity index (χ1v) is 18.2. The number of aromatic hydroxyl groups is 1. The van der Waals surface area contributed by atoms with E-state index in [1.807, 2.05) is 24.4 Å². The maximum absolute atomic E-state index is 14.0. The van der Waals surface area contributed by atoms with Gasteiger partial charge in [0.05, 0.1) is 35.1 Å². The zero-order valence-corrected chi connectivity index (χ0v) is 30.1. The zero-order chi connectivity index (χ0) is 37.7. The summed E-state index contributed by atoms with van der Waals surface area (Å²) in [5.74, 6) is -0.398. The number of ether oxygens (including phenoxy) is 3. The van der Waals surface area contributed by atoms with Crippen LogP contribution < -0.4 is 26.5 Å². The monoisotopic (exact) mass is 733 g/mol. The van der Waals surface area contributed by atoms with Crippen LogP contribution in [0.2, 0.25) is 0 Å². The normalized spacial score (nSPS) is 27.6. The SMILES string of the molecule is Cc1cc(=O)c2c(O)c3c(cc2o1)OC(C)(C)[C@@H]1OC(=O)[C@@]2(CC[C@@H](O)[C@@H]31)O[C@@H]2CCc1cc(N)nc(-c2cc(N)nc(C[NH+]3C=C4C=CN=C4C3)c2)c1. The van der Waals surface area contributed by atoms with Gasteiger partial charge in [-0.15, -0.1) is 0 Å². The van der Waals surface area contributed by atoms with E-state index in [4.69, 9.17) is 30.1 Å². The van der Waals surface area contributed by atoms with E-state index >= 15 is 0 Å². The average Bonchev–Trinajstić information content (AvgIpc) is 3.43. The van der Waals surface area contributed by atoms with Gasteiger partial charge in [0.15, 0.2) is 17.1 Å². The maximum Gasteiger partial charge on any atom is 0.341 e. The van der Waals surface area contributed by atoms with Crippen molar-refractivity contribution < 1.29 is 38.5 Å². The van der Waals surface area contributed by atoms with Crippen LogP contribution in [0.4, 0.5) is 11.6 Å². The van der Waals surface area contributed by atoms with Crippen LogP contribution in [0.25, 0.3) is 22.2 Å². The van der Waals surface area contributed by atoms with E-state index in [1.165, 1.54) is 11.0 Å². The summed E-state index contributed by atoms with van der Waals surface area (Å²) in [7, 11) is 0. The Hall–Kier alpha value is -5.57. The summed E-state index contributed by atoms with van der Waals surface area (Å²) in [5.41, 5.74) is 15.6. The number of allylic oxidation sites excluding steroid dienone is 1. The molecule has 8 heterocycles. The molecule has 6 atom stereocenters. The fraction of sp³-hybridized carbons (Fsp3) is 0.375. The molecule has 0 aliphatic carbocycles. The number of carbonyl (C=O) groups is 1. The highest BCUT2D eigenvalue weighted by atomic mass is 16.7. The molecular formula is C40H41N6O8+. The first-order valence-electron chi connectivity index (χ1n) is 18.2. The molecule has 1 spiro atoms. The molecule has 2 saturated heterocycles. The average molecular weight is 734 g/mol. The lowest BCUT2D eigenvalue weighted by Gasteiger charge is -2.47. The Bertz CT molecular complexity index is 2420. The topological polar surface area (TPSA) is 213 Å². The van der Waals surface area contributed by atoms with E-state index < -0.39 is 46.8 Å². The van der Waals surface area contributed by atoms with Crippen LogP contribution in [0.3, 0.4) is 0 Å². The molecule has 278 valence electrons. The van der Waals surface area contributed by atoms with Crippen molar-refractivity contribution >= 4 is 34.3 Å². The number of epoxide rings is 1. The Morgan fingerprint density at radius 3 is 2.69 bits per heavy atom. The molecule has 4 aromatic rings. The molecular weight excluding hydrogens is 692 g/mol. The van der Waals surface area contributed by atoms with Gasteiger partial charge in [-0.3, -0.25) is 14.7 Å². The summed E-state index contributed by atoms with van der Waals surface area (Å²) in [5, 5.41) is 23.1. The van der Waals surface area contributed by atoms with E-state index in [0.29, 0.717) is 42.5 Å². The number of nitrogens with two attached hydrogens (primary N) is 2. The van der Waals surface area contributed by atoms with Gasteiger partial charge in [-0.2, -0.15) is 0 Å². The van der Waals surface area contributed by atoms with Crippen molar-refractivity contribution in [2.24, 2.45) is 4.99 Å². The van der Waals surface area contributed by atoms with Crippen molar-refractivity contribution in [3.05, 3.63) is 93.3 Å². The smallest absolute Gasteiger partial charge is 0.341 e. The highest BCUT2D eigenvalue weighted by molar-refractivity contribution is 6.06. The minimum atomic E-state index is -1.24. The fourth-order valence-corrected chi connectivity index (χ4v) is 8.67. The molecule has 0 radical (unpaired) electrons. The molecule has 5 aliphatic heterocycles. The minimum absolute atomic E-state index is 0.0201. The summed E-state index contributed by atoms with van der Waals surface area (Å²) >= 11 is 0. The highest BCUT2D eigenvalue weighted by Crippen LogP contribution is 2.54. The van der Waals surface area contributed by atoms with Crippen LogP contribution in [0.1, 0.15) is 61.6 Å². The first-order chi connectivity index (χ1) is 25.8. The number of nitrogens with zero attached hydrogens (tertiary/aromatic N) is 3. The van der Waals surface area contributed by atoms with E-state index in [0.717, 1.165) is 34.7 Å². The molecule has 54 heavy (non-hydrogen) atoms. The van der Waals surface area contributed by atoms with E-state index in [9.17, 15) is 19.8 Å². The predicted octanol–water partition coefficient (Wildman–Crippen LogP) is 2.77. The number of phenols is 1. The molecule has 5 aliphatic rings. The van der Waals surface area contributed by atoms with Gasteiger partial charge >= 0.3 is 5.97 Å². The number of quaternary nitrogens is 1. The molecule has 2 fully saturated rings. The number of nitrogen functional groups attached to an aromatic ring is 2. The van der Waals surface area contributed by atoms with Crippen molar-refractivity contribution in [3.63, 3.8) is 0 Å². The quantitative estimate of drug-likeness (QED) is 0.143. The number of phenolic OH excluding ortho intramolecular Hbond substituents is 1. The number of aromatic nitrogens is 2. The molecule has 9 rings (SSSR count). The number of aliphatic imine (C=N–C) groups is 1. The van der Waals surface area contributed by atoms with Crippen molar-refractivity contribution in [1.29, 1.82) is 0 Å². The lowest BCUT2D eigenvalue weighted by molar-refractivity contribution is -0.848. The number of nitrogens with one attached hydrogen (secondary N) is 1. The van der Waals surface area contributed by atoms with Gasteiger partial charge in [0.1, 0.15) is 70.5 Å². The summed E-state index contributed by atoms with van der Waals surface area (Å²) in [6.45, 7) is 6.59. The Balaban J connectivity index is 0.925. The molecule has 1 aromatic carbocycles. The van der Waals surface area contributed by atoms with Crippen LogP contribution in [0.15, 0.2) is 74.7 Å². The Labute approximate surface area is 309 Å². The standard InChI is InChI=1S/C40H40N6O8/c1-19-10-27(48)33-28(51-19)15-29-35(36(33)49)34-26(47)6-8-40(38(50)52-37(34)39(2,3)53-29)30(54-40)5-4-20-11-24(45-31(41)12-20)22-13-23(44-32(42)14-22)17-46-16-21-7-9-43-25(21)18-46/h7,9-16,26,30,34,37,47,49H,4-6,8,17-18H2,1-3H3,(H2,41,45)(H2,42,44)/p+1/t26-,30-,34+,37-,40+/m1/s1. The molecule has 14 nitrogen and oxygen atoms in total. The van der Waals surface area contributed by atoms with Crippen LogP contribution in [0, 0.1) is 6.92 Å². The Morgan fingerprint density at radius 1 is 1.06 bits per heavy atom. The second-order valence-corrected chi connectivity index (χ2v) is 15.5. The van der Waals surface area contributed by atoms with Crippen molar-refractivity contribution in [1.82, 2.24) is 9.97 Å². The number of hydrogen-bond donors (Lipinski definition) is 5. The summed E-state index contributed by atoms with van der Waals surface area (Å²) in [4.78, 5) is 41.7. The maximum atomic E-state index is 14.0. The molecule has 0 amide bonds. The third-order valence-electron chi connectivity index (χ3n) is 11.2. The predicted molar refractivity (Wildman–Crippen MR) is 198 cm³/mol. The number of hydrogen-bond acceptors (Lipinski definition) is 13. The number of fused-ring (bicyclic) bond motifs is 5. The third-order valence-corrected chi connectivity index (χ3v) is 11.2. The van der Waals surface area contributed by atoms with Gasteiger partial charge < -0.3 is 40.3 Å². The van der Waals surface area contributed by atoms with Crippen LogP contribution >= 0.6 is 0 Å². The number of carbonyl (C=O) groups excluding carboxylic acids is 1. The lowest BCUT2D eigenvalue weighted by atomic mass is 9.74. The van der Waals surface area contributed by atoms with Gasteiger partial charge in [-0.1, -0.05) is 0 Å². The number of aliphatic hydroxyl groups is 1. The highest BCUT2D eigenvalue weighted by Gasteiger charge is 2.66. The fourth-order valence-electron chi connectivity index (χ4n) is 8.67. The minimum Gasteiger partial charge on any atom is -0.507 e. The molecule has 3 aromatic heterocycles. The third kappa shape index (κ3) is 5.72. The van der Waals surface area contributed by atoms with Crippen LogP contribution in [-0.4, -0.2) is 67.9 Å². The van der Waals surface area contributed by atoms with Crippen molar-refractivity contribution in [2.45, 2.75) is 88.4 Å². The molecule has 7 N–H and O–H groups in total. The number of aryl methyl sites for hydroxylation is 2. The van der Waals surface area contributed by atoms with Crippen molar-refractivity contribution in [3.8, 4) is 22.8 Å². The number of anilines is 2. The van der Waals surface area contributed by atoms with E-state index in [2.05, 4.69) is 21.2 Å². The first kappa shape index (κ1) is 34.2. The number of esters is 1.